The van der Waals surface area contributed by atoms with E-state index in [-0.39, 0.29) is 23.4 Å². The number of nitrogens with two attached hydrogens (primary N) is 1. The number of pyridine rings is 1. The second-order valence-electron chi connectivity index (χ2n) is 8.09. The van der Waals surface area contributed by atoms with Crippen LogP contribution in [0.5, 0.6) is 5.75 Å². The normalized spacial score (nSPS) is 13.8. The Kier molecular flexibility index (Phi) is 6.13. The van der Waals surface area contributed by atoms with Crippen LogP contribution in [-0.4, -0.2) is 17.1 Å². The lowest BCUT2D eigenvalue weighted by Crippen LogP contribution is -2.43. The van der Waals surface area contributed by atoms with Gasteiger partial charge in [0.25, 0.3) is 6.43 Å². The summed E-state index contributed by atoms with van der Waals surface area (Å²) in [5.41, 5.74) is 6.78. The highest BCUT2D eigenvalue weighted by molar-refractivity contribution is 5.94. The van der Waals surface area contributed by atoms with Gasteiger partial charge in [-0.05, 0) is 54.7 Å². The molecule has 3 aromatic rings. The van der Waals surface area contributed by atoms with E-state index in [1.807, 2.05) is 20.8 Å². The van der Waals surface area contributed by atoms with E-state index >= 15 is 0 Å². The van der Waals surface area contributed by atoms with E-state index in [1.54, 1.807) is 24.3 Å². The van der Waals surface area contributed by atoms with Crippen LogP contribution in [0.2, 0.25) is 0 Å². The molecule has 6 heteroatoms. The molecule has 3 nitrogen and oxygen atoms in total. The lowest BCUT2D eigenvalue weighted by molar-refractivity contribution is 0.140. The minimum atomic E-state index is -2.72. The second kappa shape index (κ2) is 8.41. The molecule has 0 radical (unpaired) electrons. The summed E-state index contributed by atoms with van der Waals surface area (Å²) >= 11 is 0. The molecule has 2 N–H and O–H groups in total. The van der Waals surface area contributed by atoms with Crippen LogP contribution in [0, 0.1) is 11.7 Å². The molecule has 0 aliphatic heterocycles. The molecule has 1 atom stereocenters. The Morgan fingerprint density at radius 1 is 1.14 bits per heavy atom. The van der Waals surface area contributed by atoms with Crippen molar-refractivity contribution in [1.29, 1.82) is 0 Å². The number of ether oxygens (including phenoxy) is 1. The maximum Gasteiger partial charge on any atom is 0.267 e. The Balaban J connectivity index is 1.96. The fourth-order valence-electron chi connectivity index (χ4n) is 3.64. The van der Waals surface area contributed by atoms with Gasteiger partial charge in [-0.15, -0.1) is 0 Å². The third kappa shape index (κ3) is 4.88. The first-order chi connectivity index (χ1) is 13.7. The number of para-hydroxylation sites is 1. The van der Waals surface area contributed by atoms with E-state index in [0.717, 1.165) is 0 Å². The number of benzene rings is 2. The summed E-state index contributed by atoms with van der Waals surface area (Å²) in [5.74, 6) is 0.0189. The fraction of sp³-hybridized carbons (Fsp3) is 0.348. The van der Waals surface area contributed by atoms with Gasteiger partial charge in [0.2, 0.25) is 0 Å². The van der Waals surface area contributed by atoms with E-state index in [9.17, 15) is 13.2 Å². The molecule has 0 unspecified atom stereocenters. The zero-order valence-electron chi connectivity index (χ0n) is 16.8. The smallest absolute Gasteiger partial charge is 0.267 e. The molecule has 0 spiro atoms. The number of rotatable bonds is 7. The van der Waals surface area contributed by atoms with Crippen molar-refractivity contribution < 1.29 is 17.9 Å². The predicted octanol–water partition coefficient (Wildman–Crippen LogP) is 6.12. The highest BCUT2D eigenvalue weighted by atomic mass is 19.3. The van der Waals surface area contributed by atoms with Gasteiger partial charge in [-0.1, -0.05) is 32.0 Å². The summed E-state index contributed by atoms with van der Waals surface area (Å²) in [7, 11) is 0. The van der Waals surface area contributed by atoms with Crippen molar-refractivity contribution in [3.8, 4) is 16.9 Å². The van der Waals surface area contributed by atoms with Gasteiger partial charge >= 0.3 is 0 Å². The first-order valence-electron chi connectivity index (χ1n) is 9.55. The molecule has 0 aliphatic rings. The fourth-order valence-corrected chi connectivity index (χ4v) is 3.64. The van der Waals surface area contributed by atoms with Crippen molar-refractivity contribution in [3.05, 3.63) is 60.0 Å². The molecule has 2 aromatic carbocycles. The minimum Gasteiger partial charge on any atom is -0.491 e. The van der Waals surface area contributed by atoms with Crippen LogP contribution >= 0.6 is 0 Å². The van der Waals surface area contributed by atoms with Crippen LogP contribution < -0.4 is 10.5 Å². The largest absolute Gasteiger partial charge is 0.491 e. The van der Waals surface area contributed by atoms with Gasteiger partial charge in [-0.2, -0.15) is 0 Å². The highest BCUT2D eigenvalue weighted by Crippen LogP contribution is 2.36. The summed E-state index contributed by atoms with van der Waals surface area (Å²) in [5, 5.41) is 0.563. The molecule has 0 aliphatic carbocycles. The average Bonchev–Trinajstić information content (AvgIpc) is 2.65. The minimum absolute atomic E-state index is 0.105. The van der Waals surface area contributed by atoms with Crippen LogP contribution in [0.4, 0.5) is 13.2 Å². The summed E-state index contributed by atoms with van der Waals surface area (Å²) in [6.45, 7) is 6.08. The molecule has 0 bridgehead atoms. The predicted molar refractivity (Wildman–Crippen MR) is 110 cm³/mol. The van der Waals surface area contributed by atoms with Gasteiger partial charge in [0.05, 0.1) is 5.56 Å². The Morgan fingerprint density at radius 2 is 1.90 bits per heavy atom. The average molecular weight is 402 g/mol. The van der Waals surface area contributed by atoms with Crippen molar-refractivity contribution in [2.24, 2.45) is 11.7 Å². The molecule has 0 fully saturated rings. The van der Waals surface area contributed by atoms with E-state index < -0.39 is 17.8 Å². The number of aromatic nitrogens is 1. The SMILES string of the molecule is CC(C)C[C@](C)(N)COc1ccc(-c2ccnc3c(F)cccc23)cc1C(F)F. The Hall–Kier alpha value is -2.60. The molecule has 1 aromatic heterocycles. The monoisotopic (exact) mass is 402 g/mol. The summed E-state index contributed by atoms with van der Waals surface area (Å²) in [6, 6.07) is 10.9. The van der Waals surface area contributed by atoms with Crippen molar-refractivity contribution in [2.75, 3.05) is 6.61 Å². The number of fused-ring (bicyclic) bond motifs is 1. The van der Waals surface area contributed by atoms with Gasteiger partial charge in [0.1, 0.15) is 23.7 Å². The van der Waals surface area contributed by atoms with Crippen molar-refractivity contribution in [2.45, 2.75) is 39.2 Å². The molecule has 154 valence electrons. The number of nitrogens with zero attached hydrogens (tertiary/aromatic N) is 1. The zero-order chi connectivity index (χ0) is 21.2. The van der Waals surface area contributed by atoms with Crippen molar-refractivity contribution in [3.63, 3.8) is 0 Å². The Morgan fingerprint density at radius 3 is 2.59 bits per heavy atom. The third-order valence-electron chi connectivity index (χ3n) is 4.71. The van der Waals surface area contributed by atoms with Crippen molar-refractivity contribution >= 4 is 10.9 Å². The first kappa shape index (κ1) is 21.1. The Bertz CT molecular complexity index is 1000. The van der Waals surface area contributed by atoms with E-state index in [1.165, 1.54) is 24.4 Å². The van der Waals surface area contributed by atoms with Gasteiger partial charge in [0.15, 0.2) is 0 Å². The van der Waals surface area contributed by atoms with Crippen LogP contribution in [-0.2, 0) is 0 Å². The molecule has 1 heterocycles. The molecule has 0 saturated carbocycles. The molecular weight excluding hydrogens is 377 g/mol. The summed E-state index contributed by atoms with van der Waals surface area (Å²) in [4.78, 5) is 4.06. The maximum atomic E-state index is 14.0. The van der Waals surface area contributed by atoms with Crippen LogP contribution in [0.25, 0.3) is 22.0 Å². The standard InChI is InChI=1S/C23H25F3N2O/c1-14(2)12-23(3,27)13-29-20-8-7-15(11-18(20)22(25)26)16-9-10-28-21-17(16)5-4-6-19(21)24/h4-11,14,22H,12-13,27H2,1-3H3/t23-/m0/s1. The quantitative estimate of drug-likeness (QED) is 0.518. The molecule has 0 amide bonds. The first-order valence-corrected chi connectivity index (χ1v) is 9.55. The van der Waals surface area contributed by atoms with Crippen LogP contribution in [0.3, 0.4) is 0 Å². The summed E-state index contributed by atoms with van der Waals surface area (Å²) in [6.07, 6.45) is -0.535. The van der Waals surface area contributed by atoms with E-state index in [4.69, 9.17) is 10.5 Å². The van der Waals surface area contributed by atoms with E-state index in [2.05, 4.69) is 4.98 Å². The van der Waals surface area contributed by atoms with Crippen LogP contribution in [0.1, 0.15) is 39.2 Å². The number of halogens is 3. The van der Waals surface area contributed by atoms with Crippen LogP contribution in [0.15, 0.2) is 48.7 Å². The topological polar surface area (TPSA) is 48.1 Å². The number of hydrogen-bond acceptors (Lipinski definition) is 3. The molecule has 3 rings (SSSR count). The third-order valence-corrected chi connectivity index (χ3v) is 4.71. The number of hydrogen-bond donors (Lipinski definition) is 1. The lowest BCUT2D eigenvalue weighted by Gasteiger charge is -2.27. The number of alkyl halides is 2. The highest BCUT2D eigenvalue weighted by Gasteiger charge is 2.23. The molecular formula is C23H25F3N2O. The van der Waals surface area contributed by atoms with Gasteiger partial charge in [0, 0.05) is 17.1 Å². The van der Waals surface area contributed by atoms with E-state index in [0.29, 0.717) is 28.9 Å². The van der Waals surface area contributed by atoms with Gasteiger partial charge in [-0.25, -0.2) is 13.2 Å². The second-order valence-corrected chi connectivity index (χ2v) is 8.09. The maximum absolute atomic E-state index is 14.0. The summed E-state index contributed by atoms with van der Waals surface area (Å²) < 4.78 is 47.2. The zero-order valence-corrected chi connectivity index (χ0v) is 16.8. The Labute approximate surface area is 168 Å². The molecule has 29 heavy (non-hydrogen) atoms. The van der Waals surface area contributed by atoms with Gasteiger partial charge < -0.3 is 10.5 Å². The molecule has 0 saturated heterocycles. The lowest BCUT2D eigenvalue weighted by atomic mass is 9.93. The van der Waals surface area contributed by atoms with Crippen molar-refractivity contribution in [1.82, 2.24) is 4.98 Å². The van der Waals surface area contributed by atoms with Gasteiger partial charge in [-0.3, -0.25) is 4.98 Å².